The van der Waals surface area contributed by atoms with Gasteiger partial charge in [0.25, 0.3) is 5.91 Å². The Labute approximate surface area is 178 Å². The fourth-order valence-corrected chi connectivity index (χ4v) is 5.05. The standard InChI is InChI=1S/C21H18ClFN2O4S/c22-15-4-3-5-16(14-15)30(27,28)25-12-10-24(11-13-25)21(26)20-9-8-19(29-20)17-6-1-2-7-18(17)23/h1-9,14H,10-13H2. The van der Waals surface area contributed by atoms with Gasteiger partial charge in [-0.3, -0.25) is 4.79 Å². The van der Waals surface area contributed by atoms with E-state index >= 15 is 0 Å². The van der Waals surface area contributed by atoms with Crippen LogP contribution in [0.15, 0.2) is 70.0 Å². The molecule has 0 N–H and O–H groups in total. The maximum Gasteiger partial charge on any atom is 0.289 e. The summed E-state index contributed by atoms with van der Waals surface area (Å²) in [6, 6.07) is 15.3. The fourth-order valence-electron chi connectivity index (χ4n) is 3.32. The summed E-state index contributed by atoms with van der Waals surface area (Å²) < 4.78 is 46.4. The molecule has 3 aromatic rings. The van der Waals surface area contributed by atoms with E-state index in [1.54, 1.807) is 36.4 Å². The smallest absolute Gasteiger partial charge is 0.289 e. The molecule has 0 spiro atoms. The molecule has 0 atom stereocenters. The fraction of sp³-hybridized carbons (Fsp3) is 0.190. The Morgan fingerprint density at radius 1 is 0.967 bits per heavy atom. The molecule has 2 heterocycles. The highest BCUT2D eigenvalue weighted by atomic mass is 35.5. The van der Waals surface area contributed by atoms with Gasteiger partial charge in [-0.2, -0.15) is 4.31 Å². The molecular formula is C21H18ClFN2O4S. The molecule has 0 saturated carbocycles. The largest absolute Gasteiger partial charge is 0.451 e. The third-order valence-electron chi connectivity index (χ3n) is 4.92. The predicted octanol–water partition coefficient (Wildman–Crippen LogP) is 3.89. The van der Waals surface area contributed by atoms with E-state index in [1.165, 1.54) is 33.5 Å². The number of amides is 1. The van der Waals surface area contributed by atoms with E-state index in [1.807, 2.05) is 0 Å². The minimum Gasteiger partial charge on any atom is -0.451 e. The molecule has 2 aromatic carbocycles. The van der Waals surface area contributed by atoms with Gasteiger partial charge < -0.3 is 9.32 Å². The van der Waals surface area contributed by atoms with Crippen molar-refractivity contribution in [3.8, 4) is 11.3 Å². The Morgan fingerprint density at radius 3 is 2.40 bits per heavy atom. The van der Waals surface area contributed by atoms with Gasteiger partial charge in [0.2, 0.25) is 10.0 Å². The topological polar surface area (TPSA) is 70.8 Å². The summed E-state index contributed by atoms with van der Waals surface area (Å²) in [5.74, 6) is -0.457. The van der Waals surface area contributed by atoms with E-state index in [0.717, 1.165) is 0 Å². The van der Waals surface area contributed by atoms with Crippen LogP contribution in [0.3, 0.4) is 0 Å². The number of hydrogen-bond acceptors (Lipinski definition) is 4. The SMILES string of the molecule is O=C(c1ccc(-c2ccccc2F)o1)N1CCN(S(=O)(=O)c2cccc(Cl)c2)CC1. The second kappa shape index (κ2) is 8.22. The summed E-state index contributed by atoms with van der Waals surface area (Å²) in [6.45, 7) is 0.742. The number of halogens is 2. The zero-order valence-electron chi connectivity index (χ0n) is 15.8. The lowest BCUT2D eigenvalue weighted by molar-refractivity contribution is 0.0667. The van der Waals surface area contributed by atoms with Crippen LogP contribution in [0.1, 0.15) is 10.6 Å². The molecule has 4 rings (SSSR count). The first-order valence-corrected chi connectivity index (χ1v) is 11.1. The zero-order valence-corrected chi connectivity index (χ0v) is 17.4. The molecule has 30 heavy (non-hydrogen) atoms. The van der Waals surface area contributed by atoms with Gasteiger partial charge in [0, 0.05) is 31.2 Å². The highest BCUT2D eigenvalue weighted by Crippen LogP contribution is 2.26. The van der Waals surface area contributed by atoms with Crippen LogP contribution in [0.4, 0.5) is 4.39 Å². The number of sulfonamides is 1. The van der Waals surface area contributed by atoms with Crippen LogP contribution in [-0.2, 0) is 10.0 Å². The minimum absolute atomic E-state index is 0.0828. The molecule has 1 amide bonds. The van der Waals surface area contributed by atoms with Gasteiger partial charge in [-0.15, -0.1) is 0 Å². The highest BCUT2D eigenvalue weighted by Gasteiger charge is 2.31. The zero-order chi connectivity index (χ0) is 21.3. The molecule has 0 radical (unpaired) electrons. The lowest BCUT2D eigenvalue weighted by Gasteiger charge is -2.33. The van der Waals surface area contributed by atoms with Crippen molar-refractivity contribution in [1.29, 1.82) is 0 Å². The van der Waals surface area contributed by atoms with Gasteiger partial charge in [-0.05, 0) is 42.5 Å². The number of piperazine rings is 1. The molecule has 0 unspecified atom stereocenters. The van der Waals surface area contributed by atoms with Crippen LogP contribution in [-0.4, -0.2) is 49.7 Å². The minimum atomic E-state index is -3.69. The first kappa shape index (κ1) is 20.6. The highest BCUT2D eigenvalue weighted by molar-refractivity contribution is 7.89. The third-order valence-corrected chi connectivity index (χ3v) is 7.05. The van der Waals surface area contributed by atoms with Crippen molar-refractivity contribution in [1.82, 2.24) is 9.21 Å². The Bertz CT molecular complexity index is 1190. The number of benzene rings is 2. The molecule has 1 aliphatic heterocycles. The Balaban J connectivity index is 1.45. The number of nitrogens with zero attached hydrogens (tertiary/aromatic N) is 2. The normalized spacial score (nSPS) is 15.3. The van der Waals surface area contributed by atoms with Crippen molar-refractivity contribution in [2.75, 3.05) is 26.2 Å². The maximum atomic E-state index is 13.9. The van der Waals surface area contributed by atoms with E-state index in [0.29, 0.717) is 5.02 Å². The van der Waals surface area contributed by atoms with Gasteiger partial charge in [0.1, 0.15) is 11.6 Å². The molecule has 6 nitrogen and oxygen atoms in total. The molecule has 1 aliphatic rings. The van der Waals surface area contributed by atoms with E-state index in [-0.39, 0.29) is 54.1 Å². The van der Waals surface area contributed by atoms with Crippen molar-refractivity contribution >= 4 is 27.5 Å². The quantitative estimate of drug-likeness (QED) is 0.607. The van der Waals surface area contributed by atoms with Crippen LogP contribution < -0.4 is 0 Å². The molecule has 0 bridgehead atoms. The number of hydrogen-bond donors (Lipinski definition) is 0. The van der Waals surface area contributed by atoms with Crippen molar-refractivity contribution in [2.24, 2.45) is 0 Å². The van der Waals surface area contributed by atoms with Crippen molar-refractivity contribution < 1.29 is 22.0 Å². The lowest BCUT2D eigenvalue weighted by atomic mass is 10.1. The first-order chi connectivity index (χ1) is 14.4. The second-order valence-corrected chi connectivity index (χ2v) is 9.17. The number of rotatable bonds is 4. The summed E-state index contributed by atoms with van der Waals surface area (Å²) in [7, 11) is -3.69. The number of carbonyl (C=O) groups excluding carboxylic acids is 1. The van der Waals surface area contributed by atoms with Crippen LogP contribution in [0.5, 0.6) is 0 Å². The molecule has 156 valence electrons. The van der Waals surface area contributed by atoms with Crippen LogP contribution in [0.25, 0.3) is 11.3 Å². The van der Waals surface area contributed by atoms with Gasteiger partial charge >= 0.3 is 0 Å². The molecule has 1 aromatic heterocycles. The van der Waals surface area contributed by atoms with E-state index in [2.05, 4.69) is 0 Å². The lowest BCUT2D eigenvalue weighted by Crippen LogP contribution is -2.50. The monoisotopic (exact) mass is 448 g/mol. The average Bonchev–Trinajstić information content (AvgIpc) is 3.23. The van der Waals surface area contributed by atoms with E-state index in [9.17, 15) is 17.6 Å². The van der Waals surface area contributed by atoms with Crippen LogP contribution >= 0.6 is 11.6 Å². The van der Waals surface area contributed by atoms with Crippen molar-refractivity contribution in [2.45, 2.75) is 4.90 Å². The second-order valence-electron chi connectivity index (χ2n) is 6.80. The Hall–Kier alpha value is -2.68. The van der Waals surface area contributed by atoms with E-state index in [4.69, 9.17) is 16.0 Å². The van der Waals surface area contributed by atoms with Crippen LogP contribution in [0, 0.1) is 5.82 Å². The van der Waals surface area contributed by atoms with Gasteiger partial charge in [-0.1, -0.05) is 29.8 Å². The third kappa shape index (κ3) is 3.98. The van der Waals surface area contributed by atoms with Gasteiger partial charge in [0.05, 0.1) is 10.5 Å². The van der Waals surface area contributed by atoms with Gasteiger partial charge in [0.15, 0.2) is 5.76 Å². The van der Waals surface area contributed by atoms with E-state index < -0.39 is 15.8 Å². The first-order valence-electron chi connectivity index (χ1n) is 9.26. The summed E-state index contributed by atoms with van der Waals surface area (Å²) in [4.78, 5) is 14.4. The van der Waals surface area contributed by atoms with Crippen molar-refractivity contribution in [3.05, 3.63) is 77.3 Å². The van der Waals surface area contributed by atoms with Crippen molar-refractivity contribution in [3.63, 3.8) is 0 Å². The van der Waals surface area contributed by atoms with Gasteiger partial charge in [-0.25, -0.2) is 12.8 Å². The summed E-state index contributed by atoms with van der Waals surface area (Å²) in [6.07, 6.45) is 0. The van der Waals surface area contributed by atoms with Crippen LogP contribution in [0.2, 0.25) is 5.02 Å². The summed E-state index contributed by atoms with van der Waals surface area (Å²) in [5.41, 5.74) is 0.272. The molecular weight excluding hydrogens is 431 g/mol. The number of furan rings is 1. The maximum absolute atomic E-state index is 13.9. The molecule has 0 aliphatic carbocycles. The Kier molecular flexibility index (Phi) is 5.64. The predicted molar refractivity (Wildman–Crippen MR) is 110 cm³/mol. The molecule has 1 saturated heterocycles. The summed E-state index contributed by atoms with van der Waals surface area (Å²) in [5, 5.41) is 0.341. The molecule has 9 heteroatoms. The molecule has 1 fully saturated rings. The summed E-state index contributed by atoms with van der Waals surface area (Å²) >= 11 is 5.91. The number of carbonyl (C=O) groups is 1. The Morgan fingerprint density at radius 2 is 1.70 bits per heavy atom. The average molecular weight is 449 g/mol.